The molecule has 0 aromatic heterocycles. The van der Waals surface area contributed by atoms with E-state index in [1.165, 1.54) is 0 Å². The van der Waals surface area contributed by atoms with E-state index in [0.29, 0.717) is 16.8 Å². The number of primary amides is 1. The molecular weight excluding hydrogens is 292 g/mol. The number of carbonyl (C=O) groups is 1. The molecule has 1 aromatic rings. The van der Waals surface area contributed by atoms with Gasteiger partial charge in [0.1, 0.15) is 6.04 Å². The second-order valence-electron chi connectivity index (χ2n) is 5.33. The van der Waals surface area contributed by atoms with Crippen LogP contribution in [0.15, 0.2) is 17.0 Å². The number of aryl methyl sites for hydroxylation is 2. The molecule has 0 saturated heterocycles. The molecule has 8 heteroatoms. The summed E-state index contributed by atoms with van der Waals surface area (Å²) in [6, 6.07) is 2.29. The van der Waals surface area contributed by atoms with Gasteiger partial charge in [0.2, 0.25) is 15.9 Å². The van der Waals surface area contributed by atoms with E-state index in [4.69, 9.17) is 11.6 Å². The number of hydrazine groups is 1. The number of carbonyl (C=O) groups excluding carboxylic acids is 1. The molecule has 0 saturated carbocycles. The quantitative estimate of drug-likeness (QED) is 0.446. The highest BCUT2D eigenvalue weighted by atomic mass is 32.2. The number of nitrogen functional groups attached to an aromatic ring is 1. The molecule has 0 spiro atoms. The molecule has 118 valence electrons. The third-order valence-electron chi connectivity index (χ3n) is 3.15. The average molecular weight is 314 g/mol. The van der Waals surface area contributed by atoms with Crippen molar-refractivity contribution in [1.29, 1.82) is 0 Å². The second kappa shape index (κ2) is 6.42. The fourth-order valence-corrected chi connectivity index (χ4v) is 4.01. The van der Waals surface area contributed by atoms with Crippen LogP contribution in [0.2, 0.25) is 0 Å². The van der Waals surface area contributed by atoms with E-state index >= 15 is 0 Å². The SMILES string of the molecule is Cc1cc(NN)cc(C)c1S(=O)(=O)NC(C(N)=O)C(C)C. The van der Waals surface area contributed by atoms with E-state index in [1.54, 1.807) is 39.8 Å². The molecule has 1 atom stereocenters. The van der Waals surface area contributed by atoms with Crippen molar-refractivity contribution in [3.63, 3.8) is 0 Å². The highest BCUT2D eigenvalue weighted by Crippen LogP contribution is 2.24. The van der Waals surface area contributed by atoms with Crippen LogP contribution in [-0.4, -0.2) is 20.4 Å². The van der Waals surface area contributed by atoms with Gasteiger partial charge in [0.15, 0.2) is 0 Å². The van der Waals surface area contributed by atoms with E-state index < -0.39 is 22.0 Å². The highest BCUT2D eigenvalue weighted by molar-refractivity contribution is 7.89. The Morgan fingerprint density at radius 3 is 2.00 bits per heavy atom. The Morgan fingerprint density at radius 1 is 1.19 bits per heavy atom. The number of hydrogen-bond acceptors (Lipinski definition) is 5. The Bertz CT molecular complexity index is 618. The van der Waals surface area contributed by atoms with Crippen LogP contribution in [0.5, 0.6) is 0 Å². The molecule has 0 aliphatic heterocycles. The summed E-state index contributed by atoms with van der Waals surface area (Å²) in [5.74, 6) is 4.38. The monoisotopic (exact) mass is 314 g/mol. The number of anilines is 1. The summed E-state index contributed by atoms with van der Waals surface area (Å²) in [6.07, 6.45) is 0. The van der Waals surface area contributed by atoms with Crippen LogP contribution in [0.1, 0.15) is 25.0 Å². The fourth-order valence-electron chi connectivity index (χ4n) is 2.21. The van der Waals surface area contributed by atoms with Crippen LogP contribution < -0.4 is 21.7 Å². The number of nitrogens with two attached hydrogens (primary N) is 2. The summed E-state index contributed by atoms with van der Waals surface area (Å²) >= 11 is 0. The molecule has 1 rings (SSSR count). The molecular formula is C13H22N4O3S. The zero-order valence-electron chi connectivity index (χ0n) is 12.6. The average Bonchev–Trinajstić information content (AvgIpc) is 2.33. The minimum Gasteiger partial charge on any atom is -0.368 e. The molecule has 0 bridgehead atoms. The lowest BCUT2D eigenvalue weighted by Gasteiger charge is -2.21. The standard InChI is InChI=1S/C13H22N4O3S/c1-7(2)11(13(14)18)17-21(19,20)12-8(3)5-10(16-15)6-9(12)4/h5-7,11,16-17H,15H2,1-4H3,(H2,14,18). The molecule has 21 heavy (non-hydrogen) atoms. The molecule has 0 fully saturated rings. The van der Waals surface area contributed by atoms with Crippen molar-refractivity contribution in [2.24, 2.45) is 17.5 Å². The number of hydrogen-bond donors (Lipinski definition) is 4. The Hall–Kier alpha value is -1.64. The first-order chi connectivity index (χ1) is 9.60. The molecule has 0 radical (unpaired) electrons. The summed E-state index contributed by atoms with van der Waals surface area (Å²) < 4.78 is 27.4. The number of sulfonamides is 1. The molecule has 1 unspecified atom stereocenters. The minimum atomic E-state index is -3.86. The first-order valence-corrected chi connectivity index (χ1v) is 7.98. The summed E-state index contributed by atoms with van der Waals surface area (Å²) in [5.41, 5.74) is 9.40. The Labute approximate surface area is 125 Å². The predicted octanol–water partition coefficient (Wildman–Crippen LogP) is 0.377. The number of nitrogens with one attached hydrogen (secondary N) is 2. The maximum atomic E-state index is 12.5. The smallest absolute Gasteiger partial charge is 0.241 e. The van der Waals surface area contributed by atoms with Crippen molar-refractivity contribution in [3.8, 4) is 0 Å². The van der Waals surface area contributed by atoms with Gasteiger partial charge in [-0.25, -0.2) is 8.42 Å². The Morgan fingerprint density at radius 2 is 1.67 bits per heavy atom. The molecule has 0 aliphatic rings. The lowest BCUT2D eigenvalue weighted by atomic mass is 10.1. The summed E-state index contributed by atoms with van der Waals surface area (Å²) in [7, 11) is -3.86. The maximum Gasteiger partial charge on any atom is 0.241 e. The van der Waals surface area contributed by atoms with Gasteiger partial charge in [0, 0.05) is 5.69 Å². The third-order valence-corrected chi connectivity index (χ3v) is 4.90. The Kier molecular flexibility index (Phi) is 5.32. The molecule has 6 N–H and O–H groups in total. The summed E-state index contributed by atoms with van der Waals surface area (Å²) in [6.45, 7) is 6.77. The zero-order chi connectivity index (χ0) is 16.4. The van der Waals surface area contributed by atoms with Gasteiger partial charge in [-0.3, -0.25) is 10.6 Å². The minimum absolute atomic E-state index is 0.133. The second-order valence-corrected chi connectivity index (χ2v) is 6.98. The van der Waals surface area contributed by atoms with Gasteiger partial charge in [-0.2, -0.15) is 4.72 Å². The number of benzene rings is 1. The first kappa shape index (κ1) is 17.4. The van der Waals surface area contributed by atoms with E-state index in [1.807, 2.05) is 0 Å². The molecule has 0 heterocycles. The highest BCUT2D eigenvalue weighted by Gasteiger charge is 2.28. The van der Waals surface area contributed by atoms with Gasteiger partial charge in [-0.1, -0.05) is 13.8 Å². The predicted molar refractivity (Wildman–Crippen MR) is 81.9 cm³/mol. The van der Waals surface area contributed by atoms with Crippen LogP contribution in [0.4, 0.5) is 5.69 Å². The van der Waals surface area contributed by atoms with Crippen molar-refractivity contribution in [2.45, 2.75) is 38.6 Å². The summed E-state index contributed by atoms with van der Waals surface area (Å²) in [4.78, 5) is 11.5. The van der Waals surface area contributed by atoms with E-state index in [-0.39, 0.29) is 10.8 Å². The van der Waals surface area contributed by atoms with Gasteiger partial charge >= 0.3 is 0 Å². The van der Waals surface area contributed by atoms with E-state index in [0.717, 1.165) is 0 Å². The normalized spacial score (nSPS) is 13.2. The van der Waals surface area contributed by atoms with Crippen LogP contribution >= 0.6 is 0 Å². The van der Waals surface area contributed by atoms with Gasteiger partial charge in [-0.15, -0.1) is 0 Å². The first-order valence-electron chi connectivity index (χ1n) is 6.49. The van der Waals surface area contributed by atoms with Crippen LogP contribution in [0, 0.1) is 19.8 Å². The number of rotatable bonds is 6. The largest absolute Gasteiger partial charge is 0.368 e. The van der Waals surface area contributed by atoms with Gasteiger partial charge in [0.25, 0.3) is 0 Å². The summed E-state index contributed by atoms with van der Waals surface area (Å²) in [5, 5.41) is 0. The van der Waals surface area contributed by atoms with E-state index in [9.17, 15) is 13.2 Å². The topological polar surface area (TPSA) is 127 Å². The zero-order valence-corrected chi connectivity index (χ0v) is 13.4. The van der Waals surface area contributed by atoms with Crippen LogP contribution in [0.25, 0.3) is 0 Å². The van der Waals surface area contributed by atoms with Crippen LogP contribution in [-0.2, 0) is 14.8 Å². The third kappa shape index (κ3) is 3.93. The van der Waals surface area contributed by atoms with E-state index in [2.05, 4.69) is 10.1 Å². The van der Waals surface area contributed by atoms with Crippen LogP contribution in [0.3, 0.4) is 0 Å². The van der Waals surface area contributed by atoms with Crippen molar-refractivity contribution in [2.75, 3.05) is 5.43 Å². The molecule has 1 amide bonds. The van der Waals surface area contributed by atoms with Gasteiger partial charge in [0.05, 0.1) is 4.90 Å². The van der Waals surface area contributed by atoms with Crippen molar-refractivity contribution < 1.29 is 13.2 Å². The molecule has 7 nitrogen and oxygen atoms in total. The Balaban J connectivity index is 3.29. The maximum absolute atomic E-state index is 12.5. The lowest BCUT2D eigenvalue weighted by Crippen LogP contribution is -2.47. The van der Waals surface area contributed by atoms with Gasteiger partial charge in [-0.05, 0) is 43.0 Å². The molecule has 0 aliphatic carbocycles. The van der Waals surface area contributed by atoms with Gasteiger partial charge < -0.3 is 11.2 Å². The van der Waals surface area contributed by atoms with Crippen molar-refractivity contribution >= 4 is 21.6 Å². The van der Waals surface area contributed by atoms with Crippen molar-refractivity contribution in [3.05, 3.63) is 23.3 Å². The lowest BCUT2D eigenvalue weighted by molar-refractivity contribution is -0.120. The number of amides is 1. The fraction of sp³-hybridized carbons (Fsp3) is 0.462. The van der Waals surface area contributed by atoms with Crippen molar-refractivity contribution in [1.82, 2.24) is 4.72 Å². The molecule has 1 aromatic carbocycles.